The van der Waals surface area contributed by atoms with Crippen LogP contribution in [0.1, 0.15) is 51.3 Å². The Morgan fingerprint density at radius 2 is 1.79 bits per heavy atom. The zero-order valence-corrected chi connectivity index (χ0v) is 19.7. The number of rotatable bonds is 6. The molecule has 2 aliphatic rings. The van der Waals surface area contributed by atoms with Crippen molar-refractivity contribution in [1.82, 2.24) is 10.2 Å². The van der Waals surface area contributed by atoms with Gasteiger partial charge >= 0.3 is 12.1 Å². The van der Waals surface area contributed by atoms with Crippen molar-refractivity contribution in [3.8, 4) is 0 Å². The lowest BCUT2D eigenvalue weighted by Gasteiger charge is -2.31. The van der Waals surface area contributed by atoms with Crippen LogP contribution in [0.25, 0.3) is 0 Å². The van der Waals surface area contributed by atoms with Crippen LogP contribution in [-0.2, 0) is 11.3 Å². The molecule has 0 spiro atoms. The summed E-state index contributed by atoms with van der Waals surface area (Å²) in [4.78, 5) is 38.9. The van der Waals surface area contributed by atoms with Crippen LogP contribution < -0.4 is 10.6 Å². The number of carbonyl (C=O) groups is 3. The molecule has 11 heteroatoms. The zero-order valence-electron chi connectivity index (χ0n) is 18.1. The van der Waals surface area contributed by atoms with Gasteiger partial charge in [0.1, 0.15) is 0 Å². The van der Waals surface area contributed by atoms with E-state index < -0.39 is 12.1 Å². The predicted molar refractivity (Wildman–Crippen MR) is 123 cm³/mol. The third-order valence-corrected chi connectivity index (χ3v) is 7.54. The van der Waals surface area contributed by atoms with Crippen molar-refractivity contribution < 1.29 is 27.6 Å². The third kappa shape index (κ3) is 5.55. The highest BCUT2D eigenvalue weighted by atomic mass is 35.5. The number of carbonyl (C=O) groups excluding carboxylic acids is 3. The second-order valence-corrected chi connectivity index (χ2v) is 10.4. The number of benzene rings is 1. The second kappa shape index (κ2) is 9.95. The van der Waals surface area contributed by atoms with E-state index in [9.17, 15) is 27.6 Å². The highest BCUT2D eigenvalue weighted by Gasteiger charge is 2.39. The molecule has 2 heterocycles. The summed E-state index contributed by atoms with van der Waals surface area (Å²) < 4.78 is 37.6. The Labute approximate surface area is 203 Å². The van der Waals surface area contributed by atoms with Gasteiger partial charge in [-0.2, -0.15) is 13.2 Å². The summed E-state index contributed by atoms with van der Waals surface area (Å²) in [6, 6.07) is 8.64. The van der Waals surface area contributed by atoms with Gasteiger partial charge < -0.3 is 15.5 Å². The molecule has 1 saturated carbocycles. The molecule has 3 amide bonds. The van der Waals surface area contributed by atoms with Gasteiger partial charge in [-0.05, 0) is 61.3 Å². The van der Waals surface area contributed by atoms with Crippen molar-refractivity contribution in [3.63, 3.8) is 0 Å². The molecule has 1 aromatic carbocycles. The average molecular weight is 514 g/mol. The number of hydrogen-bond donors (Lipinski definition) is 2. The molecule has 2 aromatic rings. The van der Waals surface area contributed by atoms with Crippen molar-refractivity contribution >= 4 is 46.3 Å². The standard InChI is InChI=1S/C23H23ClF3N3O3S/c24-18-9-8-17(34-18)20(31)29-16-3-1-2-15-12-30(21(32)19(15)16)11-14-6-4-13(5-7-14)10-28-22(33)23(25,26)27/h1-3,8-9,13-14H,4-7,10-12H2,(H,28,33)(H,29,31). The Morgan fingerprint density at radius 1 is 1.09 bits per heavy atom. The van der Waals surface area contributed by atoms with Crippen molar-refractivity contribution in [1.29, 1.82) is 0 Å². The molecule has 1 aliphatic carbocycles. The smallest absolute Gasteiger partial charge is 0.348 e. The lowest BCUT2D eigenvalue weighted by atomic mass is 9.81. The number of nitrogens with zero attached hydrogens (tertiary/aromatic N) is 1. The number of halogens is 4. The second-order valence-electron chi connectivity index (χ2n) is 8.68. The van der Waals surface area contributed by atoms with Gasteiger partial charge in [-0.1, -0.05) is 23.7 Å². The molecule has 1 fully saturated rings. The third-order valence-electron chi connectivity index (χ3n) is 6.31. The number of amides is 3. The molecule has 1 aromatic heterocycles. The molecule has 0 unspecified atom stereocenters. The summed E-state index contributed by atoms with van der Waals surface area (Å²) in [5, 5.41) is 4.78. The first-order valence-electron chi connectivity index (χ1n) is 10.9. The van der Waals surface area contributed by atoms with Crippen LogP contribution in [-0.4, -0.2) is 41.9 Å². The van der Waals surface area contributed by atoms with Gasteiger partial charge in [-0.15, -0.1) is 11.3 Å². The Hall–Kier alpha value is -2.59. The summed E-state index contributed by atoms with van der Waals surface area (Å²) in [6.45, 7) is 1.00. The molecule has 0 atom stereocenters. The van der Waals surface area contributed by atoms with Crippen molar-refractivity contribution in [2.24, 2.45) is 11.8 Å². The van der Waals surface area contributed by atoms with Gasteiger partial charge in [0, 0.05) is 19.6 Å². The normalized spacial score (nSPS) is 20.2. The van der Waals surface area contributed by atoms with Crippen LogP contribution in [0.2, 0.25) is 4.34 Å². The van der Waals surface area contributed by atoms with Gasteiger partial charge in [0.05, 0.1) is 20.5 Å². The monoisotopic (exact) mass is 513 g/mol. The van der Waals surface area contributed by atoms with E-state index in [2.05, 4.69) is 5.32 Å². The van der Waals surface area contributed by atoms with E-state index in [1.54, 1.807) is 29.2 Å². The molecular weight excluding hydrogens is 491 g/mol. The van der Waals surface area contributed by atoms with Gasteiger partial charge in [0.25, 0.3) is 11.8 Å². The largest absolute Gasteiger partial charge is 0.471 e. The molecule has 0 bridgehead atoms. The summed E-state index contributed by atoms with van der Waals surface area (Å²) in [5.41, 5.74) is 1.79. The van der Waals surface area contributed by atoms with Gasteiger partial charge in [0.15, 0.2) is 0 Å². The Bertz CT molecular complexity index is 1100. The van der Waals surface area contributed by atoms with Gasteiger partial charge in [-0.25, -0.2) is 0 Å². The van der Waals surface area contributed by atoms with Crippen LogP contribution in [0.5, 0.6) is 0 Å². The van der Waals surface area contributed by atoms with Gasteiger partial charge in [0.2, 0.25) is 0 Å². The van der Waals surface area contributed by atoms with Crippen LogP contribution in [0.3, 0.4) is 0 Å². The summed E-state index contributed by atoms with van der Waals surface area (Å²) in [6.07, 6.45) is -1.92. The zero-order chi connectivity index (χ0) is 24.5. The van der Waals surface area contributed by atoms with E-state index in [1.807, 2.05) is 11.4 Å². The lowest BCUT2D eigenvalue weighted by molar-refractivity contribution is -0.173. The topological polar surface area (TPSA) is 78.5 Å². The number of hydrogen-bond acceptors (Lipinski definition) is 4. The van der Waals surface area contributed by atoms with E-state index in [0.717, 1.165) is 29.7 Å². The van der Waals surface area contributed by atoms with E-state index in [1.165, 1.54) is 0 Å². The van der Waals surface area contributed by atoms with E-state index in [0.29, 0.717) is 46.4 Å². The molecule has 2 N–H and O–H groups in total. The first-order valence-corrected chi connectivity index (χ1v) is 12.1. The van der Waals surface area contributed by atoms with E-state index >= 15 is 0 Å². The maximum absolute atomic E-state index is 13.2. The van der Waals surface area contributed by atoms with Crippen LogP contribution in [0.4, 0.5) is 18.9 Å². The number of fused-ring (bicyclic) bond motifs is 1. The fourth-order valence-electron chi connectivity index (χ4n) is 4.56. The average Bonchev–Trinajstić information content (AvgIpc) is 3.36. The summed E-state index contributed by atoms with van der Waals surface area (Å²) >= 11 is 7.07. The summed E-state index contributed by atoms with van der Waals surface area (Å²) in [5.74, 6) is -2.14. The summed E-state index contributed by atoms with van der Waals surface area (Å²) in [7, 11) is 0. The molecule has 0 saturated heterocycles. The van der Waals surface area contributed by atoms with E-state index in [-0.39, 0.29) is 30.2 Å². The van der Waals surface area contributed by atoms with Crippen molar-refractivity contribution in [3.05, 3.63) is 50.7 Å². The SMILES string of the molecule is O=C(Nc1cccc2c1C(=O)N(CC1CCC(CNC(=O)C(F)(F)F)CC1)C2)c1ccc(Cl)s1. The van der Waals surface area contributed by atoms with Gasteiger partial charge in [-0.3, -0.25) is 14.4 Å². The maximum Gasteiger partial charge on any atom is 0.471 e. The predicted octanol–water partition coefficient (Wildman–Crippen LogP) is 5.09. The molecule has 182 valence electrons. The van der Waals surface area contributed by atoms with Crippen molar-refractivity contribution in [2.75, 3.05) is 18.4 Å². The van der Waals surface area contributed by atoms with Crippen LogP contribution in [0.15, 0.2) is 30.3 Å². The number of anilines is 1. The quantitative estimate of drug-likeness (QED) is 0.564. The highest BCUT2D eigenvalue weighted by molar-refractivity contribution is 7.18. The first-order chi connectivity index (χ1) is 16.1. The maximum atomic E-state index is 13.2. The highest BCUT2D eigenvalue weighted by Crippen LogP contribution is 2.34. The minimum absolute atomic E-state index is 0.00148. The molecule has 4 rings (SSSR count). The minimum Gasteiger partial charge on any atom is -0.348 e. The Kier molecular flexibility index (Phi) is 7.18. The number of thiophene rings is 1. The fourth-order valence-corrected chi connectivity index (χ4v) is 5.50. The number of alkyl halides is 3. The molecule has 34 heavy (non-hydrogen) atoms. The minimum atomic E-state index is -4.86. The molecule has 6 nitrogen and oxygen atoms in total. The van der Waals surface area contributed by atoms with Crippen molar-refractivity contribution in [2.45, 2.75) is 38.4 Å². The molecule has 0 radical (unpaired) electrons. The Morgan fingerprint density at radius 3 is 2.44 bits per heavy atom. The van der Waals surface area contributed by atoms with Crippen LogP contribution in [0, 0.1) is 11.8 Å². The van der Waals surface area contributed by atoms with Crippen LogP contribution >= 0.6 is 22.9 Å². The Balaban J connectivity index is 1.32. The van der Waals surface area contributed by atoms with E-state index in [4.69, 9.17) is 11.6 Å². The fraction of sp³-hybridized carbons (Fsp3) is 0.435. The molecular formula is C23H23ClF3N3O3S. The first kappa shape index (κ1) is 24.5. The molecule has 1 aliphatic heterocycles. The number of nitrogens with one attached hydrogen (secondary N) is 2. The lowest BCUT2D eigenvalue weighted by Crippen LogP contribution is -2.40.